The summed E-state index contributed by atoms with van der Waals surface area (Å²) in [6, 6.07) is 4.25. The van der Waals surface area contributed by atoms with E-state index in [1.165, 1.54) is 18.4 Å². The van der Waals surface area contributed by atoms with Crippen molar-refractivity contribution in [3.8, 4) is 0 Å². The van der Waals surface area contributed by atoms with Gasteiger partial charge in [-0.25, -0.2) is 4.98 Å². The minimum Gasteiger partial charge on any atom is -0.370 e. The molecule has 1 N–H and O–H groups in total. The summed E-state index contributed by atoms with van der Waals surface area (Å²) in [7, 11) is 2.18. The number of hydrogen-bond acceptors (Lipinski definition) is 3. The maximum atomic E-state index is 4.32. The Bertz CT molecular complexity index is 312. The van der Waals surface area contributed by atoms with Crippen LogP contribution in [0.3, 0.4) is 0 Å². The van der Waals surface area contributed by atoms with Crippen LogP contribution >= 0.6 is 0 Å². The Hall–Kier alpha value is -1.09. The van der Waals surface area contributed by atoms with Crippen molar-refractivity contribution in [1.29, 1.82) is 0 Å². The highest BCUT2D eigenvalue weighted by Crippen LogP contribution is 2.09. The number of pyridine rings is 1. The van der Waals surface area contributed by atoms with Crippen LogP contribution in [0, 0.1) is 0 Å². The summed E-state index contributed by atoms with van der Waals surface area (Å²) in [6.45, 7) is 7.55. The van der Waals surface area contributed by atoms with Gasteiger partial charge >= 0.3 is 0 Å². The lowest BCUT2D eigenvalue weighted by Gasteiger charge is -2.16. The fourth-order valence-corrected chi connectivity index (χ4v) is 1.74. The zero-order chi connectivity index (χ0) is 12.5. The second kappa shape index (κ2) is 8.07. The predicted molar refractivity (Wildman–Crippen MR) is 74.3 cm³/mol. The molecule has 0 unspecified atom stereocenters. The Kier molecular flexibility index (Phi) is 6.63. The molecule has 1 rings (SSSR count). The summed E-state index contributed by atoms with van der Waals surface area (Å²) in [4.78, 5) is 6.68. The lowest BCUT2D eigenvalue weighted by molar-refractivity contribution is 0.321. The lowest BCUT2D eigenvalue weighted by Crippen LogP contribution is -2.19. The van der Waals surface area contributed by atoms with Crippen LogP contribution in [0.1, 0.15) is 38.7 Å². The maximum Gasteiger partial charge on any atom is 0.126 e. The molecular formula is C14H25N3. The highest BCUT2D eigenvalue weighted by atomic mass is 15.1. The van der Waals surface area contributed by atoms with Gasteiger partial charge in [0.25, 0.3) is 0 Å². The van der Waals surface area contributed by atoms with E-state index >= 15 is 0 Å². The summed E-state index contributed by atoms with van der Waals surface area (Å²) >= 11 is 0. The Morgan fingerprint density at radius 3 is 2.82 bits per heavy atom. The number of aromatic nitrogens is 1. The van der Waals surface area contributed by atoms with Crippen LogP contribution in [0.5, 0.6) is 0 Å². The van der Waals surface area contributed by atoms with E-state index in [4.69, 9.17) is 0 Å². The topological polar surface area (TPSA) is 28.2 Å². The van der Waals surface area contributed by atoms with Crippen molar-refractivity contribution < 1.29 is 0 Å². The normalized spacial score (nSPS) is 10.8. The molecule has 1 aromatic heterocycles. The van der Waals surface area contributed by atoms with Crippen molar-refractivity contribution in [2.45, 2.75) is 39.7 Å². The van der Waals surface area contributed by atoms with Gasteiger partial charge in [-0.3, -0.25) is 0 Å². The molecule has 0 spiro atoms. The highest BCUT2D eigenvalue weighted by molar-refractivity contribution is 5.37. The molecular weight excluding hydrogens is 210 g/mol. The van der Waals surface area contributed by atoms with E-state index < -0.39 is 0 Å². The number of anilines is 1. The van der Waals surface area contributed by atoms with Gasteiger partial charge in [-0.15, -0.1) is 0 Å². The first kappa shape index (κ1) is 14.0. The third kappa shape index (κ3) is 5.68. The monoisotopic (exact) mass is 235 g/mol. The van der Waals surface area contributed by atoms with Crippen LogP contribution < -0.4 is 5.32 Å². The first-order valence-corrected chi connectivity index (χ1v) is 6.63. The molecule has 0 atom stereocenters. The largest absolute Gasteiger partial charge is 0.370 e. The molecule has 0 aromatic carbocycles. The third-order valence-electron chi connectivity index (χ3n) is 2.73. The summed E-state index contributed by atoms with van der Waals surface area (Å²) in [5.74, 6) is 0.994. The minimum absolute atomic E-state index is 0.988. The van der Waals surface area contributed by atoms with E-state index in [2.05, 4.69) is 48.2 Å². The predicted octanol–water partition coefficient (Wildman–Crippen LogP) is 3.14. The van der Waals surface area contributed by atoms with E-state index in [1.807, 2.05) is 6.20 Å². The highest BCUT2D eigenvalue weighted by Gasteiger charge is 2.01. The first-order chi connectivity index (χ1) is 8.26. The molecule has 1 heterocycles. The van der Waals surface area contributed by atoms with Crippen LogP contribution in [-0.2, 0) is 6.54 Å². The van der Waals surface area contributed by atoms with Crippen LogP contribution in [0.2, 0.25) is 0 Å². The van der Waals surface area contributed by atoms with Crippen LogP contribution in [0.4, 0.5) is 5.82 Å². The molecule has 0 aliphatic heterocycles. The zero-order valence-corrected chi connectivity index (χ0v) is 11.4. The Balaban J connectivity index is 2.47. The summed E-state index contributed by atoms with van der Waals surface area (Å²) in [5.41, 5.74) is 1.33. The van der Waals surface area contributed by atoms with Gasteiger partial charge in [0.15, 0.2) is 0 Å². The fraction of sp³-hybridized carbons (Fsp3) is 0.643. The van der Waals surface area contributed by atoms with Gasteiger partial charge in [-0.2, -0.15) is 0 Å². The quantitative estimate of drug-likeness (QED) is 0.750. The standard InChI is InChI=1S/C14H25N3/c1-4-6-10-17(3)12-13-7-9-16-14(11-13)15-8-5-2/h7,9,11H,4-6,8,10,12H2,1-3H3,(H,15,16). The average Bonchev–Trinajstić information content (AvgIpc) is 2.34. The van der Waals surface area contributed by atoms with Gasteiger partial charge in [-0.1, -0.05) is 20.3 Å². The minimum atomic E-state index is 0.988. The molecule has 3 heteroatoms. The fourth-order valence-electron chi connectivity index (χ4n) is 1.74. The van der Waals surface area contributed by atoms with Crippen LogP contribution in [0.15, 0.2) is 18.3 Å². The van der Waals surface area contributed by atoms with Crippen molar-refractivity contribution in [3.63, 3.8) is 0 Å². The second-order valence-electron chi connectivity index (χ2n) is 4.57. The third-order valence-corrected chi connectivity index (χ3v) is 2.73. The molecule has 1 aromatic rings. The SMILES string of the molecule is CCCCN(C)Cc1ccnc(NCCC)c1. The molecule has 0 aliphatic carbocycles. The summed E-state index contributed by atoms with van der Waals surface area (Å²) < 4.78 is 0. The smallest absolute Gasteiger partial charge is 0.126 e. The Labute approximate surface area is 105 Å². The zero-order valence-electron chi connectivity index (χ0n) is 11.4. The van der Waals surface area contributed by atoms with Gasteiger partial charge in [0, 0.05) is 19.3 Å². The molecule has 3 nitrogen and oxygen atoms in total. The molecule has 0 fully saturated rings. The number of nitrogens with zero attached hydrogens (tertiary/aromatic N) is 2. The van der Waals surface area contributed by atoms with Crippen LogP contribution in [-0.4, -0.2) is 30.0 Å². The van der Waals surface area contributed by atoms with Crippen molar-refractivity contribution >= 4 is 5.82 Å². The lowest BCUT2D eigenvalue weighted by atomic mass is 10.2. The number of nitrogens with one attached hydrogen (secondary N) is 1. The van der Waals surface area contributed by atoms with Crippen LogP contribution in [0.25, 0.3) is 0 Å². The van der Waals surface area contributed by atoms with Gasteiger partial charge in [0.1, 0.15) is 5.82 Å². The van der Waals surface area contributed by atoms with Crippen molar-refractivity contribution in [1.82, 2.24) is 9.88 Å². The average molecular weight is 235 g/mol. The number of unbranched alkanes of at least 4 members (excludes halogenated alkanes) is 1. The summed E-state index contributed by atoms with van der Waals surface area (Å²) in [6.07, 6.45) is 5.54. The molecule has 0 radical (unpaired) electrons. The number of rotatable bonds is 8. The number of hydrogen-bond donors (Lipinski definition) is 1. The van der Waals surface area contributed by atoms with Crippen molar-refractivity contribution in [2.24, 2.45) is 0 Å². The molecule has 17 heavy (non-hydrogen) atoms. The van der Waals surface area contributed by atoms with Gasteiger partial charge in [0.2, 0.25) is 0 Å². The first-order valence-electron chi connectivity index (χ1n) is 6.63. The maximum absolute atomic E-state index is 4.32. The van der Waals surface area contributed by atoms with E-state index in [1.54, 1.807) is 0 Å². The van der Waals surface area contributed by atoms with Gasteiger partial charge in [-0.05, 0) is 44.1 Å². The molecule has 0 bridgehead atoms. The molecule has 0 saturated heterocycles. The van der Waals surface area contributed by atoms with Gasteiger partial charge in [0.05, 0.1) is 0 Å². The van der Waals surface area contributed by atoms with Crippen molar-refractivity contribution in [2.75, 3.05) is 25.5 Å². The Morgan fingerprint density at radius 2 is 2.12 bits per heavy atom. The van der Waals surface area contributed by atoms with E-state index in [0.29, 0.717) is 0 Å². The molecule has 96 valence electrons. The van der Waals surface area contributed by atoms with E-state index in [9.17, 15) is 0 Å². The molecule has 0 aliphatic rings. The Morgan fingerprint density at radius 1 is 1.29 bits per heavy atom. The van der Waals surface area contributed by atoms with Gasteiger partial charge < -0.3 is 10.2 Å². The van der Waals surface area contributed by atoms with E-state index in [0.717, 1.165) is 31.9 Å². The molecule has 0 amide bonds. The summed E-state index contributed by atoms with van der Waals surface area (Å²) in [5, 5.41) is 3.32. The molecule has 0 saturated carbocycles. The van der Waals surface area contributed by atoms with E-state index in [-0.39, 0.29) is 0 Å². The second-order valence-corrected chi connectivity index (χ2v) is 4.57. The van der Waals surface area contributed by atoms with Crippen molar-refractivity contribution in [3.05, 3.63) is 23.9 Å².